The zero-order valence-corrected chi connectivity index (χ0v) is 15.8. The molecule has 0 bridgehead atoms. The number of sulfone groups is 1. The van der Waals surface area contributed by atoms with Gasteiger partial charge in [0.05, 0.1) is 17.8 Å². The molecule has 0 unspecified atom stereocenters. The van der Waals surface area contributed by atoms with Crippen LogP contribution >= 0.6 is 0 Å². The summed E-state index contributed by atoms with van der Waals surface area (Å²) in [4.78, 5) is 16.3. The average Bonchev–Trinajstić information content (AvgIpc) is 3.17. The normalized spacial score (nSPS) is 11.2. The Labute approximate surface area is 161 Å². The number of amides is 1. The highest BCUT2D eigenvalue weighted by Gasteiger charge is 2.16. The van der Waals surface area contributed by atoms with Gasteiger partial charge in [-0.05, 0) is 42.8 Å². The van der Waals surface area contributed by atoms with Crippen molar-refractivity contribution in [3.63, 3.8) is 0 Å². The van der Waals surface area contributed by atoms with Gasteiger partial charge in [-0.2, -0.15) is 0 Å². The Bertz CT molecular complexity index is 1030. The van der Waals surface area contributed by atoms with Crippen LogP contribution in [-0.4, -0.2) is 42.4 Å². The van der Waals surface area contributed by atoms with E-state index in [1.54, 1.807) is 36.5 Å². The lowest BCUT2D eigenvalue weighted by Crippen LogP contribution is -2.14. The van der Waals surface area contributed by atoms with Crippen molar-refractivity contribution in [2.24, 2.45) is 0 Å². The Morgan fingerprint density at radius 1 is 1.14 bits per heavy atom. The van der Waals surface area contributed by atoms with Gasteiger partial charge in [-0.25, -0.2) is 8.42 Å². The van der Waals surface area contributed by atoms with Crippen LogP contribution in [0, 0.1) is 0 Å². The van der Waals surface area contributed by atoms with E-state index in [4.69, 9.17) is 9.15 Å². The minimum absolute atomic E-state index is 0.00329. The second kappa shape index (κ2) is 8.61. The maximum Gasteiger partial charge on any atom is 0.322 e. The molecular formula is C18H18N4O5S. The molecule has 28 heavy (non-hydrogen) atoms. The Kier molecular flexibility index (Phi) is 5.99. The van der Waals surface area contributed by atoms with Crippen LogP contribution in [0.3, 0.4) is 0 Å². The molecule has 0 saturated carbocycles. The minimum Gasteiger partial charge on any atom is -0.497 e. The Morgan fingerprint density at radius 3 is 2.61 bits per heavy atom. The number of nitrogens with zero attached hydrogens (tertiary/aromatic N) is 3. The zero-order chi connectivity index (χ0) is 20.0. The maximum atomic E-state index is 12.3. The van der Waals surface area contributed by atoms with E-state index in [-0.39, 0.29) is 35.4 Å². The van der Waals surface area contributed by atoms with Crippen molar-refractivity contribution in [1.29, 1.82) is 0 Å². The fraction of sp³-hybridized carbons (Fsp3) is 0.222. The van der Waals surface area contributed by atoms with Crippen molar-refractivity contribution in [3.8, 4) is 17.3 Å². The number of hydrogen-bond donors (Lipinski definition) is 1. The molecule has 0 saturated heterocycles. The van der Waals surface area contributed by atoms with Crippen LogP contribution in [-0.2, 0) is 14.6 Å². The van der Waals surface area contributed by atoms with E-state index in [1.807, 2.05) is 0 Å². The SMILES string of the molecule is COc1ccc(S(=O)(=O)CCCC(=O)Nc2nnc(-c3ccccn3)o2)cc1. The molecule has 0 aliphatic rings. The Morgan fingerprint density at radius 2 is 1.93 bits per heavy atom. The van der Waals surface area contributed by atoms with Gasteiger partial charge in [-0.1, -0.05) is 11.2 Å². The lowest BCUT2D eigenvalue weighted by Gasteiger charge is -2.05. The first-order chi connectivity index (χ1) is 13.5. The van der Waals surface area contributed by atoms with E-state index in [1.165, 1.54) is 19.2 Å². The van der Waals surface area contributed by atoms with Crippen LogP contribution < -0.4 is 10.1 Å². The fourth-order valence-corrected chi connectivity index (χ4v) is 3.68. The van der Waals surface area contributed by atoms with E-state index in [0.717, 1.165) is 0 Å². The Balaban J connectivity index is 1.51. The highest BCUT2D eigenvalue weighted by atomic mass is 32.2. The molecule has 0 spiro atoms. The quantitative estimate of drug-likeness (QED) is 0.609. The van der Waals surface area contributed by atoms with E-state index in [2.05, 4.69) is 20.5 Å². The van der Waals surface area contributed by atoms with E-state index in [9.17, 15) is 13.2 Å². The maximum absolute atomic E-state index is 12.3. The van der Waals surface area contributed by atoms with Gasteiger partial charge in [0.15, 0.2) is 9.84 Å². The number of pyridine rings is 1. The molecule has 3 aromatic rings. The van der Waals surface area contributed by atoms with Gasteiger partial charge >= 0.3 is 6.01 Å². The summed E-state index contributed by atoms with van der Waals surface area (Å²) in [6, 6.07) is 11.3. The third-order valence-corrected chi connectivity index (χ3v) is 5.61. The number of aromatic nitrogens is 3. The summed E-state index contributed by atoms with van der Waals surface area (Å²) in [5, 5.41) is 10.0. The van der Waals surface area contributed by atoms with Gasteiger partial charge in [0.25, 0.3) is 5.89 Å². The Hall–Kier alpha value is -3.27. The molecule has 1 amide bonds. The molecule has 0 radical (unpaired) electrons. The van der Waals surface area contributed by atoms with Crippen molar-refractivity contribution < 1.29 is 22.4 Å². The minimum atomic E-state index is -3.48. The predicted octanol–water partition coefficient (Wildman–Crippen LogP) is 2.33. The number of nitrogens with one attached hydrogen (secondary N) is 1. The number of methoxy groups -OCH3 is 1. The molecule has 0 aliphatic heterocycles. The summed E-state index contributed by atoms with van der Waals surface area (Å²) in [6.45, 7) is 0. The molecule has 0 fully saturated rings. The first-order valence-electron chi connectivity index (χ1n) is 8.39. The second-order valence-electron chi connectivity index (χ2n) is 5.77. The number of anilines is 1. The third kappa shape index (κ3) is 4.92. The molecule has 1 aromatic carbocycles. The summed E-state index contributed by atoms with van der Waals surface area (Å²) in [5.74, 6) is 0.178. The van der Waals surface area contributed by atoms with Gasteiger partial charge in [0.1, 0.15) is 11.4 Å². The highest BCUT2D eigenvalue weighted by molar-refractivity contribution is 7.91. The van der Waals surface area contributed by atoms with Crippen molar-refractivity contribution in [2.75, 3.05) is 18.2 Å². The van der Waals surface area contributed by atoms with Gasteiger partial charge < -0.3 is 9.15 Å². The summed E-state index contributed by atoms with van der Waals surface area (Å²) < 4.78 is 35.0. The molecule has 2 aromatic heterocycles. The molecule has 1 N–H and O–H groups in total. The summed E-state index contributed by atoms with van der Waals surface area (Å²) >= 11 is 0. The monoisotopic (exact) mass is 402 g/mol. The largest absolute Gasteiger partial charge is 0.497 e. The first kappa shape index (κ1) is 19.5. The smallest absolute Gasteiger partial charge is 0.322 e. The molecule has 10 heteroatoms. The van der Waals surface area contributed by atoms with Crippen LogP contribution in [0.15, 0.2) is 58.0 Å². The van der Waals surface area contributed by atoms with Gasteiger partial charge in [-0.3, -0.25) is 15.1 Å². The van der Waals surface area contributed by atoms with Crippen LogP contribution in [0.25, 0.3) is 11.6 Å². The lowest BCUT2D eigenvalue weighted by molar-refractivity contribution is -0.116. The second-order valence-corrected chi connectivity index (χ2v) is 7.88. The van der Waals surface area contributed by atoms with Crippen LogP contribution in [0.5, 0.6) is 5.75 Å². The number of rotatable bonds is 8. The highest BCUT2D eigenvalue weighted by Crippen LogP contribution is 2.19. The lowest BCUT2D eigenvalue weighted by atomic mass is 10.3. The first-order valence-corrected chi connectivity index (χ1v) is 10.0. The van der Waals surface area contributed by atoms with Crippen LogP contribution in [0.4, 0.5) is 6.01 Å². The predicted molar refractivity (Wildman–Crippen MR) is 100 cm³/mol. The number of ether oxygens (including phenoxy) is 1. The fourth-order valence-electron chi connectivity index (χ4n) is 2.37. The third-order valence-electron chi connectivity index (χ3n) is 3.79. The van der Waals surface area contributed by atoms with Gasteiger partial charge in [0.2, 0.25) is 5.91 Å². The average molecular weight is 402 g/mol. The molecule has 9 nitrogen and oxygen atoms in total. The molecule has 146 valence electrons. The van der Waals surface area contributed by atoms with E-state index >= 15 is 0 Å². The molecule has 2 heterocycles. The van der Waals surface area contributed by atoms with Gasteiger partial charge in [0, 0.05) is 12.6 Å². The number of benzene rings is 1. The van der Waals surface area contributed by atoms with E-state index in [0.29, 0.717) is 11.4 Å². The summed E-state index contributed by atoms with van der Waals surface area (Å²) in [5.41, 5.74) is 0.487. The number of hydrogen-bond acceptors (Lipinski definition) is 8. The van der Waals surface area contributed by atoms with Crippen LogP contribution in [0.1, 0.15) is 12.8 Å². The zero-order valence-electron chi connectivity index (χ0n) is 15.0. The topological polar surface area (TPSA) is 124 Å². The van der Waals surface area contributed by atoms with Crippen molar-refractivity contribution in [2.45, 2.75) is 17.7 Å². The molecule has 3 rings (SSSR count). The van der Waals surface area contributed by atoms with Crippen molar-refractivity contribution in [1.82, 2.24) is 15.2 Å². The van der Waals surface area contributed by atoms with Crippen molar-refractivity contribution in [3.05, 3.63) is 48.7 Å². The molecule has 0 atom stereocenters. The summed E-state index contributed by atoms with van der Waals surface area (Å²) in [6.07, 6.45) is 1.74. The van der Waals surface area contributed by atoms with E-state index < -0.39 is 15.7 Å². The molecule has 0 aliphatic carbocycles. The van der Waals surface area contributed by atoms with Crippen LogP contribution in [0.2, 0.25) is 0 Å². The van der Waals surface area contributed by atoms with Gasteiger partial charge in [-0.15, -0.1) is 5.10 Å². The molecular weight excluding hydrogens is 384 g/mol. The number of carbonyl (C=O) groups is 1. The number of carbonyl (C=O) groups excluding carboxylic acids is 1. The van der Waals surface area contributed by atoms with Crippen molar-refractivity contribution >= 4 is 21.8 Å². The summed E-state index contributed by atoms with van der Waals surface area (Å²) in [7, 11) is -1.98. The standard InChI is InChI=1S/C18H18N4O5S/c1-26-13-7-9-14(10-8-13)28(24,25)12-4-6-16(23)20-18-22-21-17(27-18)15-5-2-3-11-19-15/h2-3,5,7-11H,4,6,12H2,1H3,(H,20,22,23).